The minimum Gasteiger partial charge on any atom is -0.324 e. The van der Waals surface area contributed by atoms with Crippen LogP contribution in [0.15, 0.2) is 108 Å². The van der Waals surface area contributed by atoms with E-state index in [2.05, 4.69) is 16.0 Å². The molecule has 0 aliphatic heterocycles. The predicted molar refractivity (Wildman–Crippen MR) is 169 cm³/mol. The number of rotatable bonds is 9. The van der Waals surface area contributed by atoms with E-state index in [9.17, 15) is 14.4 Å². The Morgan fingerprint density at radius 1 is 0.780 bits per heavy atom. The Morgan fingerprint density at radius 3 is 2.24 bits per heavy atom. The fourth-order valence-electron chi connectivity index (χ4n) is 3.62. The van der Waals surface area contributed by atoms with Crippen LogP contribution in [0.5, 0.6) is 0 Å². The zero-order chi connectivity index (χ0) is 29.4. The van der Waals surface area contributed by atoms with Crippen LogP contribution in [-0.2, 0) is 9.59 Å². The molecule has 0 fully saturated rings. The highest BCUT2D eigenvalue weighted by Gasteiger charge is 2.18. The molecule has 4 rings (SSSR count). The first-order valence-electron chi connectivity index (χ1n) is 12.4. The molecule has 0 saturated heterocycles. The van der Waals surface area contributed by atoms with Crippen molar-refractivity contribution in [1.82, 2.24) is 5.32 Å². The zero-order valence-electron chi connectivity index (χ0n) is 21.7. The van der Waals surface area contributed by atoms with Crippen molar-refractivity contribution in [2.24, 2.45) is 0 Å². The van der Waals surface area contributed by atoms with Gasteiger partial charge in [-0.2, -0.15) is 0 Å². The molecule has 0 bridgehead atoms. The maximum absolute atomic E-state index is 13.4. The van der Waals surface area contributed by atoms with Crippen molar-refractivity contribution in [2.45, 2.75) is 17.1 Å². The maximum Gasteiger partial charge on any atom is 0.272 e. The molecule has 4 aromatic rings. The molecular formula is C31H24Cl3N3O3S. The standard InChI is InChI=1S/C31H24Cl3N3O3S/c1-19(29(38)36-27-15-14-22(32)17-26(27)34)41-24-12-7-11-23(18-24)35-31(40)28(16-21-10-5-6-13-25(21)33)37-30(39)20-8-3-2-4-9-20/h2-19H,1H3,(H,35,40)(H,36,38)(H,37,39)/b28-16+. The largest absolute Gasteiger partial charge is 0.324 e. The van der Waals surface area contributed by atoms with Gasteiger partial charge in [-0.3, -0.25) is 14.4 Å². The summed E-state index contributed by atoms with van der Waals surface area (Å²) >= 11 is 19.7. The van der Waals surface area contributed by atoms with E-state index in [1.165, 1.54) is 17.8 Å². The highest BCUT2D eigenvalue weighted by Crippen LogP contribution is 2.29. The molecular weight excluding hydrogens is 601 g/mol. The van der Waals surface area contributed by atoms with Crippen LogP contribution >= 0.6 is 46.6 Å². The van der Waals surface area contributed by atoms with Crippen molar-refractivity contribution in [3.8, 4) is 0 Å². The fraction of sp³-hybridized carbons (Fsp3) is 0.0645. The van der Waals surface area contributed by atoms with E-state index in [-0.39, 0.29) is 11.6 Å². The van der Waals surface area contributed by atoms with Gasteiger partial charge in [-0.05, 0) is 73.2 Å². The first kappa shape index (κ1) is 30.2. The number of anilines is 2. The minimum atomic E-state index is -0.542. The maximum atomic E-state index is 13.4. The average Bonchev–Trinajstić information content (AvgIpc) is 2.95. The molecule has 0 aliphatic rings. The Morgan fingerprint density at radius 2 is 1.51 bits per heavy atom. The fourth-order valence-corrected chi connectivity index (χ4v) is 5.19. The summed E-state index contributed by atoms with van der Waals surface area (Å²) in [5.41, 5.74) is 1.92. The van der Waals surface area contributed by atoms with Crippen molar-refractivity contribution in [2.75, 3.05) is 10.6 Å². The summed E-state index contributed by atoms with van der Waals surface area (Å²) in [7, 11) is 0. The Labute approximate surface area is 257 Å². The molecule has 1 unspecified atom stereocenters. The topological polar surface area (TPSA) is 87.3 Å². The SMILES string of the molecule is CC(Sc1cccc(NC(=O)/C(=C\c2ccccc2Cl)NC(=O)c2ccccc2)c1)C(=O)Nc1ccc(Cl)cc1Cl. The number of hydrogen-bond donors (Lipinski definition) is 3. The number of carbonyl (C=O) groups excluding carboxylic acids is 3. The number of halogens is 3. The molecule has 3 amide bonds. The van der Waals surface area contributed by atoms with Gasteiger partial charge in [0.15, 0.2) is 0 Å². The Hall–Kier alpha value is -3.75. The molecule has 208 valence electrons. The summed E-state index contributed by atoms with van der Waals surface area (Å²) in [6.45, 7) is 1.76. The van der Waals surface area contributed by atoms with Crippen molar-refractivity contribution in [3.63, 3.8) is 0 Å². The van der Waals surface area contributed by atoms with E-state index in [4.69, 9.17) is 34.8 Å². The average molecular weight is 625 g/mol. The van der Waals surface area contributed by atoms with Crippen LogP contribution in [0.1, 0.15) is 22.8 Å². The molecule has 4 aromatic carbocycles. The second kappa shape index (κ2) is 14.2. The van der Waals surface area contributed by atoms with Crippen LogP contribution in [0.2, 0.25) is 15.1 Å². The lowest BCUT2D eigenvalue weighted by atomic mass is 10.1. The third-order valence-corrected chi connectivity index (χ3v) is 7.68. The number of hydrogen-bond acceptors (Lipinski definition) is 4. The zero-order valence-corrected chi connectivity index (χ0v) is 24.7. The monoisotopic (exact) mass is 623 g/mol. The molecule has 0 spiro atoms. The highest BCUT2D eigenvalue weighted by molar-refractivity contribution is 8.00. The van der Waals surface area contributed by atoms with Gasteiger partial charge in [0.05, 0.1) is 16.0 Å². The van der Waals surface area contributed by atoms with E-state index in [1.54, 1.807) is 97.9 Å². The quantitative estimate of drug-likeness (QED) is 0.129. The van der Waals surface area contributed by atoms with Gasteiger partial charge >= 0.3 is 0 Å². The summed E-state index contributed by atoms with van der Waals surface area (Å²) in [5.74, 6) is -1.23. The second-order valence-electron chi connectivity index (χ2n) is 8.76. The third kappa shape index (κ3) is 8.62. The summed E-state index contributed by atoms with van der Waals surface area (Å²) in [5, 5.41) is 9.08. The van der Waals surface area contributed by atoms with Gasteiger partial charge in [0.1, 0.15) is 5.70 Å². The van der Waals surface area contributed by atoms with Crippen molar-refractivity contribution < 1.29 is 14.4 Å². The van der Waals surface area contributed by atoms with E-state index in [0.717, 1.165) is 4.90 Å². The van der Waals surface area contributed by atoms with Gasteiger partial charge in [0, 0.05) is 26.2 Å². The smallest absolute Gasteiger partial charge is 0.272 e. The van der Waals surface area contributed by atoms with Crippen LogP contribution < -0.4 is 16.0 Å². The highest BCUT2D eigenvalue weighted by atomic mass is 35.5. The van der Waals surface area contributed by atoms with E-state index in [0.29, 0.717) is 37.6 Å². The molecule has 1 atom stereocenters. The molecule has 0 aliphatic carbocycles. The van der Waals surface area contributed by atoms with Gasteiger partial charge in [-0.1, -0.05) is 77.3 Å². The second-order valence-corrected chi connectivity index (χ2v) is 11.4. The van der Waals surface area contributed by atoms with E-state index >= 15 is 0 Å². The van der Waals surface area contributed by atoms with E-state index < -0.39 is 17.1 Å². The Kier molecular flexibility index (Phi) is 10.5. The summed E-state index contributed by atoms with van der Waals surface area (Å²) in [6, 6.07) is 27.5. The lowest BCUT2D eigenvalue weighted by molar-refractivity contribution is -0.115. The molecule has 0 saturated carbocycles. The van der Waals surface area contributed by atoms with Crippen LogP contribution in [0.3, 0.4) is 0 Å². The number of nitrogens with one attached hydrogen (secondary N) is 3. The third-order valence-electron chi connectivity index (χ3n) is 5.70. The molecule has 0 aromatic heterocycles. The summed E-state index contributed by atoms with van der Waals surface area (Å²) in [4.78, 5) is 39.8. The van der Waals surface area contributed by atoms with Crippen molar-refractivity contribution >= 4 is 81.7 Å². The van der Waals surface area contributed by atoms with Gasteiger partial charge in [-0.15, -0.1) is 11.8 Å². The normalized spacial score (nSPS) is 11.9. The number of benzene rings is 4. The first-order valence-corrected chi connectivity index (χ1v) is 14.4. The number of thioether (sulfide) groups is 1. The van der Waals surface area contributed by atoms with Crippen molar-refractivity contribution in [1.29, 1.82) is 0 Å². The van der Waals surface area contributed by atoms with Crippen LogP contribution in [0.4, 0.5) is 11.4 Å². The summed E-state index contributed by atoms with van der Waals surface area (Å²) < 4.78 is 0. The van der Waals surface area contributed by atoms with Gasteiger partial charge in [-0.25, -0.2) is 0 Å². The molecule has 0 heterocycles. The molecule has 10 heteroatoms. The lowest BCUT2D eigenvalue weighted by Crippen LogP contribution is -2.30. The Balaban J connectivity index is 1.48. The predicted octanol–water partition coefficient (Wildman–Crippen LogP) is 8.18. The molecule has 0 radical (unpaired) electrons. The lowest BCUT2D eigenvalue weighted by Gasteiger charge is -2.15. The van der Waals surface area contributed by atoms with Gasteiger partial charge < -0.3 is 16.0 Å². The van der Waals surface area contributed by atoms with Crippen LogP contribution in [0.25, 0.3) is 6.08 Å². The van der Waals surface area contributed by atoms with Gasteiger partial charge in [0.2, 0.25) is 5.91 Å². The van der Waals surface area contributed by atoms with Crippen LogP contribution in [0, 0.1) is 0 Å². The van der Waals surface area contributed by atoms with E-state index in [1.807, 2.05) is 6.07 Å². The molecule has 41 heavy (non-hydrogen) atoms. The van der Waals surface area contributed by atoms with Crippen LogP contribution in [-0.4, -0.2) is 23.0 Å². The molecule has 3 N–H and O–H groups in total. The minimum absolute atomic E-state index is 0.0117. The number of amides is 3. The number of carbonyl (C=O) groups is 3. The Bertz CT molecular complexity index is 1610. The van der Waals surface area contributed by atoms with Crippen molar-refractivity contribution in [3.05, 3.63) is 129 Å². The van der Waals surface area contributed by atoms with Gasteiger partial charge in [0.25, 0.3) is 11.8 Å². The molecule has 6 nitrogen and oxygen atoms in total. The summed E-state index contributed by atoms with van der Waals surface area (Å²) in [6.07, 6.45) is 1.52. The first-order chi connectivity index (χ1) is 19.7.